The predicted molar refractivity (Wildman–Crippen MR) is 57.0 cm³/mol. The summed E-state index contributed by atoms with van der Waals surface area (Å²) in [6.07, 6.45) is 1.85. The van der Waals surface area contributed by atoms with Crippen LogP contribution in [0.1, 0.15) is 33.6 Å². The maximum atomic E-state index is 11.9. The molecule has 0 aromatic heterocycles. The van der Waals surface area contributed by atoms with E-state index in [0.717, 1.165) is 12.8 Å². The first kappa shape index (κ1) is 10.4. The minimum absolute atomic E-state index is 0.110. The molecule has 0 aromatic carbocycles. The van der Waals surface area contributed by atoms with Gasteiger partial charge >= 0.3 is 0 Å². The van der Waals surface area contributed by atoms with Crippen LogP contribution in [-0.4, -0.2) is 31.5 Å². The molecule has 1 saturated heterocycles. The van der Waals surface area contributed by atoms with Crippen LogP contribution in [0.15, 0.2) is 0 Å². The van der Waals surface area contributed by atoms with Crippen molar-refractivity contribution in [3.63, 3.8) is 0 Å². The van der Waals surface area contributed by atoms with E-state index in [9.17, 15) is 8.42 Å². The van der Waals surface area contributed by atoms with Crippen molar-refractivity contribution >= 4 is 9.84 Å². The van der Waals surface area contributed by atoms with E-state index in [4.69, 9.17) is 0 Å². The smallest absolute Gasteiger partial charge is 0.156 e. The van der Waals surface area contributed by atoms with E-state index in [1.165, 1.54) is 0 Å². The van der Waals surface area contributed by atoms with Crippen LogP contribution in [0.25, 0.3) is 0 Å². The van der Waals surface area contributed by atoms with Crippen molar-refractivity contribution < 1.29 is 8.42 Å². The highest BCUT2D eigenvalue weighted by Crippen LogP contribution is 2.42. The Balaban J connectivity index is 2.34. The summed E-state index contributed by atoms with van der Waals surface area (Å²) in [7, 11) is -2.84. The number of rotatable bonds is 0. The van der Waals surface area contributed by atoms with Gasteiger partial charge in [0.2, 0.25) is 0 Å². The molecular formula is C10H19NO2S. The van der Waals surface area contributed by atoms with Gasteiger partial charge in [0.15, 0.2) is 9.84 Å². The lowest BCUT2D eigenvalue weighted by Gasteiger charge is -2.38. The second kappa shape index (κ2) is 2.95. The summed E-state index contributed by atoms with van der Waals surface area (Å²) < 4.78 is 23.8. The Hall–Kier alpha value is -0.0900. The third-order valence-corrected chi connectivity index (χ3v) is 6.09. The number of sulfone groups is 1. The van der Waals surface area contributed by atoms with Crippen LogP contribution in [0.3, 0.4) is 0 Å². The second-order valence-corrected chi connectivity index (χ2v) is 7.71. The van der Waals surface area contributed by atoms with Crippen molar-refractivity contribution in [2.24, 2.45) is 5.41 Å². The van der Waals surface area contributed by atoms with Crippen LogP contribution < -0.4 is 5.32 Å². The van der Waals surface area contributed by atoms with E-state index in [2.05, 4.69) is 19.2 Å². The number of hydrogen-bond donors (Lipinski definition) is 1. The fraction of sp³-hybridized carbons (Fsp3) is 1.00. The van der Waals surface area contributed by atoms with Gasteiger partial charge in [0.05, 0.1) is 11.0 Å². The molecule has 1 heterocycles. The Morgan fingerprint density at radius 3 is 2.64 bits per heavy atom. The summed E-state index contributed by atoms with van der Waals surface area (Å²) in [6, 6.07) is 0.273. The lowest BCUT2D eigenvalue weighted by atomic mass is 9.87. The van der Waals surface area contributed by atoms with Crippen LogP contribution in [-0.2, 0) is 9.84 Å². The van der Waals surface area contributed by atoms with Gasteiger partial charge in [-0.15, -0.1) is 0 Å². The van der Waals surface area contributed by atoms with Crippen LogP contribution in [0.5, 0.6) is 0 Å². The molecule has 82 valence electrons. The highest BCUT2D eigenvalue weighted by Gasteiger charge is 2.50. The van der Waals surface area contributed by atoms with E-state index >= 15 is 0 Å². The lowest BCUT2D eigenvalue weighted by molar-refractivity contribution is 0.263. The van der Waals surface area contributed by atoms with Gasteiger partial charge < -0.3 is 5.32 Å². The molecule has 1 N–H and O–H groups in total. The largest absolute Gasteiger partial charge is 0.309 e. The van der Waals surface area contributed by atoms with E-state index in [1.807, 2.05) is 6.92 Å². The Morgan fingerprint density at radius 2 is 2.00 bits per heavy atom. The predicted octanol–water partition coefficient (Wildman–Crippen LogP) is 0.950. The fourth-order valence-electron chi connectivity index (χ4n) is 2.89. The average molecular weight is 217 g/mol. The molecule has 1 aliphatic carbocycles. The Morgan fingerprint density at radius 1 is 1.36 bits per heavy atom. The lowest BCUT2D eigenvalue weighted by Crippen LogP contribution is -2.58. The highest BCUT2D eigenvalue weighted by atomic mass is 32.2. The third-order valence-electron chi connectivity index (χ3n) is 3.69. The van der Waals surface area contributed by atoms with Crippen LogP contribution >= 0.6 is 0 Å². The van der Waals surface area contributed by atoms with E-state index in [0.29, 0.717) is 5.75 Å². The van der Waals surface area contributed by atoms with Crippen molar-refractivity contribution in [2.75, 3.05) is 5.75 Å². The summed E-state index contributed by atoms with van der Waals surface area (Å²) in [5, 5.41) is 3.31. The van der Waals surface area contributed by atoms with Crippen molar-refractivity contribution in [3.05, 3.63) is 0 Å². The van der Waals surface area contributed by atoms with Gasteiger partial charge in [-0.2, -0.15) is 0 Å². The van der Waals surface area contributed by atoms with Crippen LogP contribution in [0.2, 0.25) is 0 Å². The summed E-state index contributed by atoms with van der Waals surface area (Å²) in [6.45, 7) is 6.29. The summed E-state index contributed by atoms with van der Waals surface area (Å²) in [5.41, 5.74) is 0.131. The van der Waals surface area contributed by atoms with Crippen molar-refractivity contribution in [1.82, 2.24) is 5.32 Å². The molecule has 3 nitrogen and oxygen atoms in total. The zero-order valence-corrected chi connectivity index (χ0v) is 9.89. The maximum Gasteiger partial charge on any atom is 0.156 e. The first-order valence-corrected chi connectivity index (χ1v) is 7.02. The molecule has 3 unspecified atom stereocenters. The van der Waals surface area contributed by atoms with Crippen LogP contribution in [0.4, 0.5) is 0 Å². The fourth-order valence-corrected chi connectivity index (χ4v) is 5.27. The summed E-state index contributed by atoms with van der Waals surface area (Å²) >= 11 is 0. The molecule has 2 rings (SSSR count). The number of nitrogens with one attached hydrogen (secondary N) is 1. The van der Waals surface area contributed by atoms with Gasteiger partial charge in [0.1, 0.15) is 0 Å². The number of hydrogen-bond acceptors (Lipinski definition) is 3. The molecule has 2 fully saturated rings. The third kappa shape index (κ3) is 1.48. The van der Waals surface area contributed by atoms with E-state index in [-0.39, 0.29) is 22.7 Å². The normalized spacial score (nSPS) is 44.6. The standard InChI is InChI=1S/C10H19NO2S/c1-7-6-14(12,13)8-4-5-10(2,3)9(8)11-7/h7-9,11H,4-6H2,1-3H3. The molecule has 2 aliphatic rings. The van der Waals surface area contributed by atoms with Crippen molar-refractivity contribution in [3.8, 4) is 0 Å². The molecule has 1 aliphatic heterocycles. The SMILES string of the molecule is CC1CS(=O)(=O)C2CCC(C)(C)C2N1. The summed E-state index contributed by atoms with van der Waals surface area (Å²) in [5.74, 6) is 0.310. The molecule has 0 bridgehead atoms. The zero-order valence-electron chi connectivity index (χ0n) is 9.08. The number of fused-ring (bicyclic) bond motifs is 1. The molecule has 0 radical (unpaired) electrons. The van der Waals surface area contributed by atoms with Gasteiger partial charge in [0, 0.05) is 12.1 Å². The van der Waals surface area contributed by atoms with Crippen LogP contribution in [0, 0.1) is 5.41 Å². The van der Waals surface area contributed by atoms with E-state index < -0.39 is 9.84 Å². The molecule has 0 aromatic rings. The van der Waals surface area contributed by atoms with E-state index in [1.54, 1.807) is 0 Å². The minimum atomic E-state index is -2.84. The van der Waals surface area contributed by atoms with Crippen molar-refractivity contribution in [2.45, 2.75) is 50.9 Å². The van der Waals surface area contributed by atoms with Gasteiger partial charge in [-0.1, -0.05) is 13.8 Å². The Labute approximate surface area is 86.2 Å². The van der Waals surface area contributed by atoms with Gasteiger partial charge in [-0.25, -0.2) is 8.42 Å². The van der Waals surface area contributed by atoms with Gasteiger partial charge in [0.25, 0.3) is 0 Å². The molecule has 0 spiro atoms. The van der Waals surface area contributed by atoms with Gasteiger partial charge in [-0.3, -0.25) is 0 Å². The quantitative estimate of drug-likeness (QED) is 0.657. The monoisotopic (exact) mass is 217 g/mol. The summed E-state index contributed by atoms with van der Waals surface area (Å²) in [4.78, 5) is 0. The molecule has 4 heteroatoms. The first-order chi connectivity index (χ1) is 6.33. The van der Waals surface area contributed by atoms with Crippen molar-refractivity contribution in [1.29, 1.82) is 0 Å². The molecule has 1 saturated carbocycles. The molecule has 3 atom stereocenters. The molecular weight excluding hydrogens is 198 g/mol. The minimum Gasteiger partial charge on any atom is -0.309 e. The first-order valence-electron chi connectivity index (χ1n) is 5.30. The topological polar surface area (TPSA) is 46.2 Å². The molecule has 14 heavy (non-hydrogen) atoms. The molecule has 0 amide bonds. The average Bonchev–Trinajstić information content (AvgIpc) is 2.26. The zero-order chi connectivity index (χ0) is 10.6. The maximum absolute atomic E-state index is 11.9. The van der Waals surface area contributed by atoms with Gasteiger partial charge in [-0.05, 0) is 25.2 Å². The Bertz CT molecular complexity index is 334. The Kier molecular flexibility index (Phi) is 2.20. The second-order valence-electron chi connectivity index (χ2n) is 5.44. The highest BCUT2D eigenvalue weighted by molar-refractivity contribution is 7.92.